The number of halogens is 2. The van der Waals surface area contributed by atoms with E-state index in [1.807, 2.05) is 17.0 Å². The van der Waals surface area contributed by atoms with E-state index < -0.39 is 0 Å². The van der Waals surface area contributed by atoms with E-state index in [9.17, 15) is 4.79 Å². The molecule has 1 saturated heterocycles. The van der Waals surface area contributed by atoms with Crippen LogP contribution in [0.2, 0.25) is 0 Å². The van der Waals surface area contributed by atoms with E-state index in [0.29, 0.717) is 31.5 Å². The van der Waals surface area contributed by atoms with Crippen LogP contribution in [0.3, 0.4) is 0 Å². The standard InChI is InChI=1S/C18H23BrN2O2.ClH/c19-14-3-1-2-11(9-14)15-10-21(6-7-23-15)18(22)16-12-4-5-13(8-12)17(16)20;/h1-3,9,12-13,15-17H,4-8,10,20H2;1H. The number of hydrogen-bond donors (Lipinski definition) is 1. The van der Waals surface area contributed by atoms with E-state index in [1.54, 1.807) is 0 Å². The van der Waals surface area contributed by atoms with E-state index in [-0.39, 0.29) is 36.4 Å². The molecule has 3 aliphatic rings. The van der Waals surface area contributed by atoms with Crippen LogP contribution in [0, 0.1) is 17.8 Å². The highest BCUT2D eigenvalue weighted by Gasteiger charge is 2.50. The molecule has 6 heteroatoms. The fourth-order valence-corrected chi connectivity index (χ4v) is 5.09. The lowest BCUT2D eigenvalue weighted by atomic mass is 9.84. The smallest absolute Gasteiger partial charge is 0.227 e. The lowest BCUT2D eigenvalue weighted by Gasteiger charge is -2.37. The molecule has 0 spiro atoms. The first-order valence-corrected chi connectivity index (χ1v) is 9.34. The highest BCUT2D eigenvalue weighted by Crippen LogP contribution is 2.48. The summed E-state index contributed by atoms with van der Waals surface area (Å²) in [7, 11) is 0. The second kappa shape index (κ2) is 7.32. The van der Waals surface area contributed by atoms with Crippen LogP contribution in [-0.4, -0.2) is 36.5 Å². The normalized spacial score (nSPS) is 34.9. The molecular weight excluding hydrogens is 392 g/mol. The summed E-state index contributed by atoms with van der Waals surface area (Å²) in [6, 6.07) is 8.21. The Morgan fingerprint density at radius 2 is 2.08 bits per heavy atom. The molecule has 2 N–H and O–H groups in total. The highest BCUT2D eigenvalue weighted by molar-refractivity contribution is 9.10. The number of rotatable bonds is 2. The van der Waals surface area contributed by atoms with Gasteiger partial charge in [0.15, 0.2) is 0 Å². The monoisotopic (exact) mass is 414 g/mol. The van der Waals surface area contributed by atoms with Gasteiger partial charge in [-0.25, -0.2) is 0 Å². The van der Waals surface area contributed by atoms with Gasteiger partial charge in [0.25, 0.3) is 0 Å². The molecule has 1 amide bonds. The van der Waals surface area contributed by atoms with E-state index in [0.717, 1.165) is 16.5 Å². The van der Waals surface area contributed by atoms with E-state index in [2.05, 4.69) is 28.1 Å². The first-order chi connectivity index (χ1) is 11.1. The molecule has 3 fully saturated rings. The second-order valence-electron chi connectivity index (χ2n) is 7.14. The van der Waals surface area contributed by atoms with Crippen LogP contribution in [0.4, 0.5) is 0 Å². The number of carbonyl (C=O) groups excluding carboxylic acids is 1. The number of amides is 1. The van der Waals surface area contributed by atoms with E-state index in [4.69, 9.17) is 10.5 Å². The SMILES string of the molecule is Cl.NC1C2CCC(C2)C1C(=O)N1CCOC(c2cccc(Br)c2)C1. The molecule has 0 aromatic heterocycles. The molecule has 2 bridgehead atoms. The van der Waals surface area contributed by atoms with Gasteiger partial charge >= 0.3 is 0 Å². The molecule has 2 aliphatic carbocycles. The Bertz CT molecular complexity index is 612. The van der Waals surface area contributed by atoms with Gasteiger partial charge in [0, 0.05) is 17.1 Å². The predicted molar refractivity (Wildman–Crippen MR) is 99.0 cm³/mol. The van der Waals surface area contributed by atoms with Gasteiger partial charge in [-0.1, -0.05) is 28.1 Å². The number of fused-ring (bicyclic) bond motifs is 2. The summed E-state index contributed by atoms with van der Waals surface area (Å²) in [5, 5.41) is 0. The van der Waals surface area contributed by atoms with Gasteiger partial charge in [0.2, 0.25) is 5.91 Å². The van der Waals surface area contributed by atoms with Crippen LogP contribution in [-0.2, 0) is 9.53 Å². The molecule has 1 aliphatic heterocycles. The van der Waals surface area contributed by atoms with Gasteiger partial charge in [0.05, 0.1) is 19.1 Å². The molecule has 4 nitrogen and oxygen atoms in total. The third-order valence-corrected chi connectivity index (χ3v) is 6.36. The average molecular weight is 416 g/mol. The van der Waals surface area contributed by atoms with E-state index >= 15 is 0 Å². The molecule has 4 rings (SSSR count). The summed E-state index contributed by atoms with van der Waals surface area (Å²) < 4.78 is 6.94. The Hall–Kier alpha value is -0.620. The third-order valence-electron chi connectivity index (χ3n) is 5.86. The second-order valence-corrected chi connectivity index (χ2v) is 8.05. The number of nitrogens with two attached hydrogens (primary N) is 1. The maximum absolute atomic E-state index is 13.0. The Kier molecular flexibility index (Phi) is 5.55. The lowest BCUT2D eigenvalue weighted by molar-refractivity contribution is -0.145. The van der Waals surface area contributed by atoms with Gasteiger partial charge in [-0.15, -0.1) is 12.4 Å². The quantitative estimate of drug-likeness (QED) is 0.807. The van der Waals surface area contributed by atoms with Crippen molar-refractivity contribution in [3.63, 3.8) is 0 Å². The van der Waals surface area contributed by atoms with Crippen molar-refractivity contribution in [3.8, 4) is 0 Å². The number of hydrogen-bond acceptors (Lipinski definition) is 3. The Morgan fingerprint density at radius 3 is 2.79 bits per heavy atom. The number of ether oxygens (including phenoxy) is 1. The van der Waals surface area contributed by atoms with Crippen molar-refractivity contribution < 1.29 is 9.53 Å². The maximum Gasteiger partial charge on any atom is 0.227 e. The molecule has 0 radical (unpaired) electrons. The van der Waals surface area contributed by atoms with Crippen molar-refractivity contribution in [2.45, 2.75) is 31.4 Å². The number of morpholine rings is 1. The summed E-state index contributed by atoms with van der Waals surface area (Å²) in [6.45, 7) is 1.92. The van der Waals surface area contributed by atoms with E-state index in [1.165, 1.54) is 12.8 Å². The molecule has 24 heavy (non-hydrogen) atoms. The molecule has 5 atom stereocenters. The largest absolute Gasteiger partial charge is 0.370 e. The van der Waals surface area contributed by atoms with Crippen LogP contribution in [0.25, 0.3) is 0 Å². The zero-order valence-corrected chi connectivity index (χ0v) is 16.0. The Labute approximate surface area is 157 Å². The number of nitrogens with zero attached hydrogens (tertiary/aromatic N) is 1. The van der Waals surface area contributed by atoms with Crippen LogP contribution in [0.1, 0.15) is 30.9 Å². The van der Waals surface area contributed by atoms with Crippen molar-refractivity contribution in [2.24, 2.45) is 23.5 Å². The fraction of sp³-hybridized carbons (Fsp3) is 0.611. The molecule has 5 unspecified atom stereocenters. The minimum atomic E-state index is -0.0417. The van der Waals surface area contributed by atoms with Gasteiger partial charge in [-0.3, -0.25) is 4.79 Å². The van der Waals surface area contributed by atoms with Gasteiger partial charge in [0.1, 0.15) is 6.10 Å². The van der Waals surface area contributed by atoms with Crippen molar-refractivity contribution in [3.05, 3.63) is 34.3 Å². The van der Waals surface area contributed by atoms with Gasteiger partial charge in [-0.05, 0) is 48.8 Å². The molecule has 1 heterocycles. The highest BCUT2D eigenvalue weighted by atomic mass is 79.9. The summed E-state index contributed by atoms with van der Waals surface area (Å²) in [5.74, 6) is 1.37. The van der Waals surface area contributed by atoms with Crippen LogP contribution < -0.4 is 5.73 Å². The van der Waals surface area contributed by atoms with Crippen LogP contribution in [0.5, 0.6) is 0 Å². The molecular formula is C18H24BrClN2O2. The Morgan fingerprint density at radius 1 is 1.29 bits per heavy atom. The summed E-state index contributed by atoms with van der Waals surface area (Å²) >= 11 is 3.50. The molecule has 2 saturated carbocycles. The average Bonchev–Trinajstić information content (AvgIpc) is 3.15. The van der Waals surface area contributed by atoms with Crippen LogP contribution in [0.15, 0.2) is 28.7 Å². The third kappa shape index (κ3) is 3.24. The first kappa shape index (κ1) is 18.2. The topological polar surface area (TPSA) is 55.6 Å². The number of carbonyl (C=O) groups is 1. The van der Waals surface area contributed by atoms with Gasteiger partial charge < -0.3 is 15.4 Å². The zero-order chi connectivity index (χ0) is 16.0. The predicted octanol–water partition coefficient (Wildman–Crippen LogP) is 3.14. The molecule has 132 valence electrons. The minimum Gasteiger partial charge on any atom is -0.370 e. The first-order valence-electron chi connectivity index (χ1n) is 8.55. The van der Waals surface area contributed by atoms with Crippen molar-refractivity contribution >= 4 is 34.2 Å². The van der Waals surface area contributed by atoms with Crippen LogP contribution >= 0.6 is 28.3 Å². The minimum absolute atomic E-state index is 0. The number of benzene rings is 1. The maximum atomic E-state index is 13.0. The fourth-order valence-electron chi connectivity index (χ4n) is 4.67. The summed E-state index contributed by atoms with van der Waals surface area (Å²) in [6.07, 6.45) is 3.49. The zero-order valence-electron chi connectivity index (χ0n) is 13.6. The van der Waals surface area contributed by atoms with Crippen molar-refractivity contribution in [1.82, 2.24) is 4.90 Å². The van der Waals surface area contributed by atoms with Crippen molar-refractivity contribution in [2.75, 3.05) is 19.7 Å². The molecule has 1 aromatic carbocycles. The molecule has 1 aromatic rings. The van der Waals surface area contributed by atoms with Crippen molar-refractivity contribution in [1.29, 1.82) is 0 Å². The Balaban J connectivity index is 0.00000169. The summed E-state index contributed by atoms with van der Waals surface area (Å²) in [4.78, 5) is 15.0. The van der Waals surface area contributed by atoms with Gasteiger partial charge in [-0.2, -0.15) is 0 Å². The summed E-state index contributed by atoms with van der Waals surface area (Å²) in [5.41, 5.74) is 7.47. The lowest BCUT2D eigenvalue weighted by Crippen LogP contribution is -2.50.